The average molecular weight is 552 g/mol. The summed E-state index contributed by atoms with van der Waals surface area (Å²) in [5, 5.41) is 6.61. The van der Waals surface area contributed by atoms with Gasteiger partial charge in [0.2, 0.25) is 0 Å². The van der Waals surface area contributed by atoms with Crippen LogP contribution in [0.15, 0.2) is 42.5 Å². The lowest BCUT2D eigenvalue weighted by molar-refractivity contribution is 0.0520. The highest BCUT2D eigenvalue weighted by atomic mass is 35.5. The summed E-state index contributed by atoms with van der Waals surface area (Å²) in [4.78, 5) is 26.6. The van der Waals surface area contributed by atoms with Gasteiger partial charge in [0.1, 0.15) is 29.8 Å². The van der Waals surface area contributed by atoms with E-state index < -0.39 is 11.7 Å². The number of nitrogens with zero attached hydrogens (tertiary/aromatic N) is 1. The largest absolute Gasteiger partial charge is 0.492 e. The molecular weight excluding hydrogens is 517 g/mol. The van der Waals surface area contributed by atoms with Crippen molar-refractivity contribution in [3.05, 3.63) is 58.1 Å². The van der Waals surface area contributed by atoms with Gasteiger partial charge in [0.15, 0.2) is 0 Å². The van der Waals surface area contributed by atoms with Crippen molar-refractivity contribution in [3.63, 3.8) is 0 Å². The molecule has 10 heteroatoms. The fraction of sp³-hybridized carbons (Fsp3) is 0.481. The summed E-state index contributed by atoms with van der Waals surface area (Å²) in [7, 11) is 0. The zero-order valence-electron chi connectivity index (χ0n) is 21.5. The lowest BCUT2D eigenvalue weighted by atomic mass is 10.1. The Morgan fingerprint density at radius 1 is 0.973 bits per heavy atom. The van der Waals surface area contributed by atoms with Crippen LogP contribution >= 0.6 is 23.2 Å². The quantitative estimate of drug-likeness (QED) is 0.396. The number of ether oxygens (including phenoxy) is 3. The van der Waals surface area contributed by atoms with Crippen LogP contribution in [-0.2, 0) is 4.74 Å². The number of nitrogens with one attached hydrogen (secondary N) is 2. The molecule has 0 atom stereocenters. The van der Waals surface area contributed by atoms with E-state index in [1.54, 1.807) is 57.2 Å². The number of piperidine rings is 1. The van der Waals surface area contributed by atoms with Crippen LogP contribution in [0, 0.1) is 0 Å². The molecule has 2 aromatic carbocycles. The van der Waals surface area contributed by atoms with Crippen molar-refractivity contribution in [2.45, 2.75) is 45.3 Å². The number of rotatable bonds is 10. The monoisotopic (exact) mass is 551 g/mol. The van der Waals surface area contributed by atoms with E-state index in [-0.39, 0.29) is 18.6 Å². The topological polar surface area (TPSA) is 89.1 Å². The Balaban J connectivity index is 1.33. The minimum absolute atomic E-state index is 0.130. The first-order valence-corrected chi connectivity index (χ1v) is 13.2. The van der Waals surface area contributed by atoms with Crippen molar-refractivity contribution in [1.82, 2.24) is 15.5 Å². The number of benzene rings is 2. The molecular formula is C27H35Cl2N3O5. The Morgan fingerprint density at radius 2 is 1.73 bits per heavy atom. The molecule has 2 amide bonds. The summed E-state index contributed by atoms with van der Waals surface area (Å²) in [6.45, 7) is 9.05. The van der Waals surface area contributed by atoms with Crippen molar-refractivity contribution in [2.24, 2.45) is 0 Å². The molecule has 0 unspecified atom stereocenters. The Morgan fingerprint density at radius 3 is 2.43 bits per heavy atom. The molecule has 1 aliphatic rings. The lowest BCUT2D eigenvalue weighted by Crippen LogP contribution is -2.42. The minimum atomic E-state index is -0.551. The molecule has 3 rings (SSSR count). The molecule has 37 heavy (non-hydrogen) atoms. The number of halogens is 2. The van der Waals surface area contributed by atoms with Gasteiger partial charge in [-0.3, -0.25) is 4.79 Å². The molecule has 0 aliphatic carbocycles. The second-order valence-corrected chi connectivity index (χ2v) is 10.6. The first-order valence-electron chi connectivity index (χ1n) is 12.4. The first-order chi connectivity index (χ1) is 17.6. The van der Waals surface area contributed by atoms with Crippen LogP contribution in [0.3, 0.4) is 0 Å². The predicted octanol–water partition coefficient (Wildman–Crippen LogP) is 5.17. The number of alkyl carbamates (subject to hydrolysis) is 1. The second-order valence-electron chi connectivity index (χ2n) is 9.80. The number of hydrogen-bond acceptors (Lipinski definition) is 6. The van der Waals surface area contributed by atoms with Crippen molar-refractivity contribution in [2.75, 3.05) is 39.3 Å². The van der Waals surface area contributed by atoms with E-state index in [0.29, 0.717) is 34.4 Å². The fourth-order valence-electron chi connectivity index (χ4n) is 3.79. The summed E-state index contributed by atoms with van der Waals surface area (Å²) in [6, 6.07) is 12.3. The molecule has 0 radical (unpaired) electrons. The normalized spacial score (nSPS) is 14.6. The van der Waals surface area contributed by atoms with Gasteiger partial charge in [0.25, 0.3) is 5.91 Å². The molecule has 1 heterocycles. The van der Waals surface area contributed by atoms with Crippen LogP contribution in [0.25, 0.3) is 0 Å². The first kappa shape index (κ1) is 28.9. The fourth-order valence-corrected chi connectivity index (χ4v) is 4.07. The van der Waals surface area contributed by atoms with Gasteiger partial charge in [-0.1, -0.05) is 29.3 Å². The molecule has 202 valence electrons. The summed E-state index contributed by atoms with van der Waals surface area (Å²) >= 11 is 12.0. The zero-order valence-corrected chi connectivity index (χ0v) is 23.0. The minimum Gasteiger partial charge on any atom is -0.492 e. The number of carbonyl (C=O) groups is 2. The van der Waals surface area contributed by atoms with Crippen LogP contribution in [0.4, 0.5) is 4.79 Å². The maximum atomic E-state index is 12.6. The number of hydrogen-bond donors (Lipinski definition) is 2. The predicted molar refractivity (Wildman–Crippen MR) is 145 cm³/mol. The maximum absolute atomic E-state index is 12.6. The Kier molecular flexibility index (Phi) is 10.7. The van der Waals surface area contributed by atoms with Crippen LogP contribution in [0.5, 0.6) is 11.5 Å². The van der Waals surface area contributed by atoms with Gasteiger partial charge in [-0.15, -0.1) is 0 Å². The van der Waals surface area contributed by atoms with E-state index >= 15 is 0 Å². The third-order valence-corrected chi connectivity index (χ3v) is 6.32. The van der Waals surface area contributed by atoms with E-state index in [2.05, 4.69) is 15.5 Å². The van der Waals surface area contributed by atoms with Crippen molar-refractivity contribution >= 4 is 35.2 Å². The third-order valence-electron chi connectivity index (χ3n) is 5.58. The molecule has 1 aliphatic heterocycles. The summed E-state index contributed by atoms with van der Waals surface area (Å²) in [5.41, 5.74) is -0.0311. The molecule has 2 N–H and O–H groups in total. The van der Waals surface area contributed by atoms with Crippen molar-refractivity contribution in [1.29, 1.82) is 0 Å². The Bertz CT molecular complexity index is 1050. The molecule has 0 saturated carbocycles. The zero-order chi connectivity index (χ0) is 26.8. The number of carbonyl (C=O) groups excluding carboxylic acids is 2. The van der Waals surface area contributed by atoms with Gasteiger partial charge in [-0.05, 0) is 63.9 Å². The van der Waals surface area contributed by atoms with Crippen LogP contribution in [-0.4, -0.2) is 67.9 Å². The van der Waals surface area contributed by atoms with E-state index in [9.17, 15) is 9.59 Å². The highest BCUT2D eigenvalue weighted by molar-refractivity contribution is 6.42. The molecule has 0 bridgehead atoms. The SMILES string of the molecule is CC(C)(C)OC(=O)NCCOc1cccc(C(=O)NCCN2CCC(Oc3ccc(Cl)c(Cl)c3)CC2)c1. The van der Waals surface area contributed by atoms with Crippen molar-refractivity contribution in [3.8, 4) is 11.5 Å². The van der Waals surface area contributed by atoms with E-state index in [4.69, 9.17) is 37.4 Å². The van der Waals surface area contributed by atoms with E-state index in [1.807, 2.05) is 6.07 Å². The molecule has 1 fully saturated rings. The highest BCUT2D eigenvalue weighted by Crippen LogP contribution is 2.28. The summed E-state index contributed by atoms with van der Waals surface area (Å²) < 4.78 is 16.9. The molecule has 8 nitrogen and oxygen atoms in total. The Hall–Kier alpha value is -2.68. The highest BCUT2D eigenvalue weighted by Gasteiger charge is 2.21. The van der Waals surface area contributed by atoms with Crippen molar-refractivity contribution < 1.29 is 23.8 Å². The van der Waals surface area contributed by atoms with Gasteiger partial charge >= 0.3 is 6.09 Å². The average Bonchev–Trinajstić information content (AvgIpc) is 2.84. The molecule has 1 saturated heterocycles. The smallest absolute Gasteiger partial charge is 0.407 e. The Labute approximate surface area is 228 Å². The number of likely N-dealkylation sites (tertiary alicyclic amines) is 1. The molecule has 0 aromatic heterocycles. The number of amides is 2. The molecule has 2 aromatic rings. The summed E-state index contributed by atoms with van der Waals surface area (Å²) in [5.74, 6) is 1.13. The second kappa shape index (κ2) is 13.7. The van der Waals surface area contributed by atoms with E-state index in [0.717, 1.165) is 38.2 Å². The van der Waals surface area contributed by atoms with Gasteiger partial charge in [-0.25, -0.2) is 4.79 Å². The van der Waals surface area contributed by atoms with Gasteiger partial charge < -0.3 is 29.7 Å². The molecule has 0 spiro atoms. The van der Waals surface area contributed by atoms with Crippen LogP contribution < -0.4 is 20.1 Å². The standard InChI is InChI=1S/C27H35Cl2N3O5/c1-27(2,3)37-26(34)31-12-16-35-21-6-4-5-19(17-21)25(33)30-11-15-32-13-9-20(10-14-32)36-22-7-8-23(28)24(29)18-22/h4-8,17-18,20H,9-16H2,1-3H3,(H,30,33)(H,31,34). The van der Waals surface area contributed by atoms with Crippen LogP contribution in [0.1, 0.15) is 44.0 Å². The summed E-state index contributed by atoms with van der Waals surface area (Å²) in [6.07, 6.45) is 1.44. The van der Waals surface area contributed by atoms with Gasteiger partial charge in [-0.2, -0.15) is 0 Å². The van der Waals surface area contributed by atoms with Gasteiger partial charge in [0, 0.05) is 37.8 Å². The van der Waals surface area contributed by atoms with Gasteiger partial charge in [0.05, 0.1) is 16.6 Å². The lowest BCUT2D eigenvalue weighted by Gasteiger charge is -2.32. The third kappa shape index (κ3) is 10.3. The maximum Gasteiger partial charge on any atom is 0.407 e. The van der Waals surface area contributed by atoms with Crippen LogP contribution in [0.2, 0.25) is 10.0 Å². The van der Waals surface area contributed by atoms with E-state index in [1.165, 1.54) is 0 Å².